The number of rotatable bonds is 5. The summed E-state index contributed by atoms with van der Waals surface area (Å²) < 4.78 is 10.5. The monoisotopic (exact) mass is 288 g/mol. The Morgan fingerprint density at radius 2 is 1.95 bits per heavy atom. The van der Waals surface area contributed by atoms with E-state index in [9.17, 15) is 15.0 Å². The molecule has 0 atom stereocenters. The molecule has 2 N–H and O–H groups in total. The molecule has 0 unspecified atom stereocenters. The third kappa shape index (κ3) is 3.45. The van der Waals surface area contributed by atoms with Gasteiger partial charge in [0.25, 0.3) is 0 Å². The molecule has 0 amide bonds. The number of esters is 1. The number of ether oxygens (including phenoxy) is 2. The Kier molecular flexibility index (Phi) is 4.33. The van der Waals surface area contributed by atoms with E-state index >= 15 is 0 Å². The Hall–Kier alpha value is -2.69. The fraction of sp³-hybridized carbons (Fsp3) is 0.188. The third-order valence-corrected chi connectivity index (χ3v) is 2.84. The van der Waals surface area contributed by atoms with E-state index in [1.165, 1.54) is 12.1 Å². The second-order valence-corrected chi connectivity index (χ2v) is 4.58. The van der Waals surface area contributed by atoms with Gasteiger partial charge in [-0.2, -0.15) is 0 Å². The third-order valence-electron chi connectivity index (χ3n) is 2.84. The van der Waals surface area contributed by atoms with Crippen LogP contribution in [-0.2, 0) is 9.53 Å². The average Bonchev–Trinajstić information content (AvgIpc) is 2.43. The van der Waals surface area contributed by atoms with Crippen molar-refractivity contribution in [1.29, 1.82) is 0 Å². The van der Waals surface area contributed by atoms with Crippen molar-refractivity contribution in [3.05, 3.63) is 42.5 Å². The first kappa shape index (κ1) is 14.7. The van der Waals surface area contributed by atoms with Gasteiger partial charge in [-0.15, -0.1) is 0 Å². The van der Waals surface area contributed by atoms with Crippen LogP contribution in [0.15, 0.2) is 42.5 Å². The standard InChI is InChI=1S/C16H16O5/c1-10(2)16(19)21-7-6-20-15-5-3-4-12-13(15)8-11(17)9-14(12)18/h3-5,8-9,17-18H,1,6-7H2,2H3. The summed E-state index contributed by atoms with van der Waals surface area (Å²) in [6, 6.07) is 7.93. The molecule has 0 heterocycles. The van der Waals surface area contributed by atoms with Crippen molar-refractivity contribution in [3.63, 3.8) is 0 Å². The lowest BCUT2D eigenvalue weighted by atomic mass is 10.1. The maximum atomic E-state index is 11.2. The minimum atomic E-state index is -0.466. The van der Waals surface area contributed by atoms with Crippen molar-refractivity contribution >= 4 is 16.7 Å². The lowest BCUT2D eigenvalue weighted by Gasteiger charge is -2.11. The Labute approximate surface area is 122 Å². The molecule has 5 heteroatoms. The first-order valence-electron chi connectivity index (χ1n) is 6.39. The largest absolute Gasteiger partial charge is 0.508 e. The molecule has 0 aliphatic rings. The highest BCUT2D eigenvalue weighted by Gasteiger charge is 2.08. The fourth-order valence-electron chi connectivity index (χ4n) is 1.86. The van der Waals surface area contributed by atoms with Crippen molar-refractivity contribution in [2.45, 2.75) is 6.92 Å². The number of phenols is 2. The molecule has 2 rings (SSSR count). The van der Waals surface area contributed by atoms with Gasteiger partial charge >= 0.3 is 5.97 Å². The molecule has 110 valence electrons. The van der Waals surface area contributed by atoms with Crippen LogP contribution in [-0.4, -0.2) is 29.4 Å². The van der Waals surface area contributed by atoms with Crippen LogP contribution in [0.1, 0.15) is 6.92 Å². The molecule has 0 radical (unpaired) electrons. The Morgan fingerprint density at radius 1 is 1.19 bits per heavy atom. The number of aromatic hydroxyl groups is 2. The van der Waals surface area contributed by atoms with E-state index in [1.807, 2.05) is 0 Å². The van der Waals surface area contributed by atoms with Gasteiger partial charge in [-0.05, 0) is 19.1 Å². The topological polar surface area (TPSA) is 76.0 Å². The molecule has 0 bridgehead atoms. The summed E-state index contributed by atoms with van der Waals surface area (Å²) in [6.07, 6.45) is 0. The quantitative estimate of drug-likeness (QED) is 0.502. The summed E-state index contributed by atoms with van der Waals surface area (Å²) in [5.74, 6) is -0.0502. The van der Waals surface area contributed by atoms with Gasteiger partial charge in [-0.25, -0.2) is 4.79 Å². The lowest BCUT2D eigenvalue weighted by Crippen LogP contribution is -2.12. The normalized spacial score (nSPS) is 10.3. The molecular weight excluding hydrogens is 272 g/mol. The van der Waals surface area contributed by atoms with E-state index < -0.39 is 5.97 Å². The lowest BCUT2D eigenvalue weighted by molar-refractivity contribution is -0.139. The maximum absolute atomic E-state index is 11.2. The SMILES string of the molecule is C=C(C)C(=O)OCCOc1cccc2c(O)cc(O)cc12. The van der Waals surface area contributed by atoms with Crippen molar-refractivity contribution in [2.24, 2.45) is 0 Å². The van der Waals surface area contributed by atoms with Gasteiger partial charge in [0, 0.05) is 22.4 Å². The number of carbonyl (C=O) groups is 1. The van der Waals surface area contributed by atoms with Crippen LogP contribution >= 0.6 is 0 Å². The summed E-state index contributed by atoms with van der Waals surface area (Å²) >= 11 is 0. The summed E-state index contributed by atoms with van der Waals surface area (Å²) in [5.41, 5.74) is 0.329. The fourth-order valence-corrected chi connectivity index (χ4v) is 1.86. The van der Waals surface area contributed by atoms with Crippen molar-refractivity contribution < 1.29 is 24.5 Å². The van der Waals surface area contributed by atoms with Crippen LogP contribution in [0.4, 0.5) is 0 Å². The average molecular weight is 288 g/mol. The van der Waals surface area contributed by atoms with Crippen LogP contribution in [0.2, 0.25) is 0 Å². The highest BCUT2D eigenvalue weighted by Crippen LogP contribution is 2.35. The van der Waals surface area contributed by atoms with Gasteiger partial charge in [-0.3, -0.25) is 0 Å². The number of hydrogen-bond acceptors (Lipinski definition) is 5. The van der Waals surface area contributed by atoms with Gasteiger partial charge in [0.15, 0.2) is 0 Å². The Bertz CT molecular complexity index is 690. The van der Waals surface area contributed by atoms with Crippen LogP contribution in [0.25, 0.3) is 10.8 Å². The molecular formula is C16H16O5. The van der Waals surface area contributed by atoms with E-state index in [0.717, 1.165) is 0 Å². The van der Waals surface area contributed by atoms with Crippen molar-refractivity contribution in [2.75, 3.05) is 13.2 Å². The Balaban J connectivity index is 2.09. The molecule has 0 fully saturated rings. The van der Waals surface area contributed by atoms with Gasteiger partial charge in [-0.1, -0.05) is 18.7 Å². The van der Waals surface area contributed by atoms with Crippen LogP contribution in [0, 0.1) is 0 Å². The van der Waals surface area contributed by atoms with E-state index in [4.69, 9.17) is 9.47 Å². The van der Waals surface area contributed by atoms with Gasteiger partial charge < -0.3 is 19.7 Å². The highest BCUT2D eigenvalue weighted by atomic mass is 16.6. The summed E-state index contributed by atoms with van der Waals surface area (Å²) in [5, 5.41) is 20.5. The molecule has 0 spiro atoms. The molecule has 21 heavy (non-hydrogen) atoms. The van der Waals surface area contributed by atoms with Gasteiger partial charge in [0.1, 0.15) is 30.5 Å². The van der Waals surface area contributed by atoms with Crippen LogP contribution in [0.3, 0.4) is 0 Å². The minimum absolute atomic E-state index is 0.0239. The van der Waals surface area contributed by atoms with Gasteiger partial charge in [0.2, 0.25) is 0 Å². The van der Waals surface area contributed by atoms with E-state index in [-0.39, 0.29) is 24.7 Å². The summed E-state index contributed by atoms with van der Waals surface area (Å²) in [4.78, 5) is 11.2. The first-order chi connectivity index (χ1) is 9.99. The summed E-state index contributed by atoms with van der Waals surface area (Å²) in [6.45, 7) is 5.30. The number of fused-ring (bicyclic) bond motifs is 1. The minimum Gasteiger partial charge on any atom is -0.508 e. The Morgan fingerprint density at radius 3 is 2.67 bits per heavy atom. The first-order valence-corrected chi connectivity index (χ1v) is 6.39. The predicted octanol–water partition coefficient (Wildman–Crippen LogP) is 2.75. The second kappa shape index (κ2) is 6.17. The number of phenolic OH excluding ortho intramolecular Hbond substituents is 2. The molecule has 0 saturated heterocycles. The van der Waals surface area contributed by atoms with Gasteiger partial charge in [0.05, 0.1) is 0 Å². The van der Waals surface area contributed by atoms with E-state index in [1.54, 1.807) is 25.1 Å². The zero-order valence-electron chi connectivity index (χ0n) is 11.6. The highest BCUT2D eigenvalue weighted by molar-refractivity contribution is 5.94. The number of hydrogen-bond donors (Lipinski definition) is 2. The predicted molar refractivity (Wildman–Crippen MR) is 78.5 cm³/mol. The zero-order chi connectivity index (χ0) is 15.4. The maximum Gasteiger partial charge on any atom is 0.333 e. The smallest absolute Gasteiger partial charge is 0.333 e. The molecule has 0 aliphatic carbocycles. The summed E-state index contributed by atoms with van der Waals surface area (Å²) in [7, 11) is 0. The molecule has 2 aromatic rings. The molecule has 0 aromatic heterocycles. The second-order valence-electron chi connectivity index (χ2n) is 4.58. The van der Waals surface area contributed by atoms with Crippen molar-refractivity contribution in [1.82, 2.24) is 0 Å². The van der Waals surface area contributed by atoms with Crippen LogP contribution in [0.5, 0.6) is 17.2 Å². The molecule has 0 aliphatic heterocycles. The molecule has 2 aromatic carbocycles. The molecule has 0 saturated carbocycles. The number of benzene rings is 2. The van der Waals surface area contributed by atoms with Crippen LogP contribution < -0.4 is 4.74 Å². The zero-order valence-corrected chi connectivity index (χ0v) is 11.6. The van der Waals surface area contributed by atoms with E-state index in [2.05, 4.69) is 6.58 Å². The van der Waals surface area contributed by atoms with E-state index in [0.29, 0.717) is 22.1 Å². The molecule has 5 nitrogen and oxygen atoms in total. The van der Waals surface area contributed by atoms with Crippen molar-refractivity contribution in [3.8, 4) is 17.2 Å². The number of carbonyl (C=O) groups excluding carboxylic acids is 1.